The molecule has 9 heteroatoms. The molecule has 1 fully saturated rings. The zero-order valence-corrected chi connectivity index (χ0v) is 18.1. The summed E-state index contributed by atoms with van der Waals surface area (Å²) in [5, 5.41) is 9.31. The van der Waals surface area contributed by atoms with Gasteiger partial charge in [-0.25, -0.2) is 8.42 Å². The predicted octanol–water partition coefficient (Wildman–Crippen LogP) is 2.67. The van der Waals surface area contributed by atoms with Crippen LogP contribution in [0.2, 0.25) is 0 Å². The molecule has 0 saturated carbocycles. The summed E-state index contributed by atoms with van der Waals surface area (Å²) in [5.41, 5.74) is 1.84. The minimum absolute atomic E-state index is 0.0399. The van der Waals surface area contributed by atoms with Gasteiger partial charge in [0, 0.05) is 24.3 Å². The van der Waals surface area contributed by atoms with E-state index >= 15 is 0 Å². The summed E-state index contributed by atoms with van der Waals surface area (Å²) in [6.45, 7) is 0. The van der Waals surface area contributed by atoms with E-state index < -0.39 is 9.84 Å². The van der Waals surface area contributed by atoms with Gasteiger partial charge in [-0.05, 0) is 18.6 Å². The lowest BCUT2D eigenvalue weighted by atomic mass is 10.2. The topological polar surface area (TPSA) is 85.2 Å². The number of carbonyl (C=O) groups is 1. The molecule has 1 atom stereocenters. The maximum Gasteiger partial charge on any atom is 0.233 e. The van der Waals surface area contributed by atoms with Gasteiger partial charge in [0.2, 0.25) is 5.91 Å². The Labute approximate surface area is 180 Å². The molecule has 156 valence electrons. The van der Waals surface area contributed by atoms with Crippen molar-refractivity contribution in [3.8, 4) is 17.1 Å². The lowest BCUT2D eigenvalue weighted by molar-refractivity contribution is -0.128. The minimum Gasteiger partial charge on any atom is -0.341 e. The first-order chi connectivity index (χ1) is 14.4. The maximum atomic E-state index is 12.7. The monoisotopic (exact) mass is 442 g/mol. The number of benzene rings is 2. The van der Waals surface area contributed by atoms with Crippen LogP contribution >= 0.6 is 11.8 Å². The highest BCUT2D eigenvalue weighted by Crippen LogP contribution is 2.28. The van der Waals surface area contributed by atoms with Gasteiger partial charge in [0.25, 0.3) is 0 Å². The highest BCUT2D eigenvalue weighted by atomic mass is 32.2. The highest BCUT2D eigenvalue weighted by molar-refractivity contribution is 7.99. The van der Waals surface area contributed by atoms with Crippen LogP contribution < -0.4 is 0 Å². The summed E-state index contributed by atoms with van der Waals surface area (Å²) < 4.78 is 25.4. The van der Waals surface area contributed by atoms with Gasteiger partial charge in [-0.1, -0.05) is 60.3 Å². The van der Waals surface area contributed by atoms with Crippen LogP contribution in [0.3, 0.4) is 0 Å². The van der Waals surface area contributed by atoms with Crippen LogP contribution in [0.25, 0.3) is 17.1 Å². The molecule has 2 aromatic carbocycles. The second kappa shape index (κ2) is 8.61. The number of sulfone groups is 1. The van der Waals surface area contributed by atoms with E-state index in [-0.39, 0.29) is 29.2 Å². The molecule has 0 aliphatic carbocycles. The highest BCUT2D eigenvalue weighted by Gasteiger charge is 2.32. The average molecular weight is 443 g/mol. The number of nitrogens with zero attached hydrogens (tertiary/aromatic N) is 4. The summed E-state index contributed by atoms with van der Waals surface area (Å²) in [6, 6.07) is 19.3. The van der Waals surface area contributed by atoms with Crippen molar-refractivity contribution in [2.45, 2.75) is 17.6 Å². The molecule has 2 heterocycles. The predicted molar refractivity (Wildman–Crippen MR) is 117 cm³/mol. The van der Waals surface area contributed by atoms with Gasteiger partial charge >= 0.3 is 0 Å². The van der Waals surface area contributed by atoms with Crippen molar-refractivity contribution in [1.29, 1.82) is 0 Å². The molecule has 4 rings (SSSR count). The third-order valence-corrected chi connectivity index (χ3v) is 7.82. The van der Waals surface area contributed by atoms with Crippen LogP contribution in [0.4, 0.5) is 0 Å². The van der Waals surface area contributed by atoms with Crippen LogP contribution in [-0.4, -0.2) is 64.3 Å². The summed E-state index contributed by atoms with van der Waals surface area (Å²) in [5.74, 6) is 0.925. The molecule has 0 unspecified atom stereocenters. The Kier molecular flexibility index (Phi) is 5.92. The fraction of sp³-hybridized carbons (Fsp3) is 0.286. The third-order valence-electron chi connectivity index (χ3n) is 5.15. The van der Waals surface area contributed by atoms with Gasteiger partial charge in [0.05, 0.1) is 17.3 Å². The minimum atomic E-state index is -3.04. The van der Waals surface area contributed by atoms with Crippen molar-refractivity contribution in [3.05, 3.63) is 60.7 Å². The number of rotatable bonds is 6. The number of thioether (sulfide) groups is 1. The second-order valence-corrected chi connectivity index (χ2v) is 10.4. The molecule has 1 aliphatic heterocycles. The molecule has 0 radical (unpaired) electrons. The van der Waals surface area contributed by atoms with Crippen molar-refractivity contribution >= 4 is 27.5 Å². The van der Waals surface area contributed by atoms with E-state index in [1.54, 1.807) is 11.9 Å². The summed E-state index contributed by atoms with van der Waals surface area (Å²) in [6.07, 6.45) is 0.494. The normalized spacial score (nSPS) is 17.7. The van der Waals surface area contributed by atoms with Crippen LogP contribution in [0.5, 0.6) is 0 Å². The Morgan fingerprint density at radius 2 is 1.77 bits per heavy atom. The van der Waals surface area contributed by atoms with Crippen molar-refractivity contribution in [3.63, 3.8) is 0 Å². The molecule has 3 aromatic rings. The fourth-order valence-corrected chi connectivity index (χ4v) is 6.11. The van der Waals surface area contributed by atoms with E-state index in [4.69, 9.17) is 0 Å². The largest absolute Gasteiger partial charge is 0.341 e. The van der Waals surface area contributed by atoms with E-state index in [1.807, 2.05) is 65.2 Å². The number of hydrogen-bond acceptors (Lipinski definition) is 6. The average Bonchev–Trinajstić information content (AvgIpc) is 3.35. The quantitative estimate of drug-likeness (QED) is 0.546. The van der Waals surface area contributed by atoms with Crippen LogP contribution in [0.15, 0.2) is 65.8 Å². The molecule has 1 aliphatic rings. The zero-order chi connectivity index (χ0) is 21.1. The Balaban J connectivity index is 1.56. The molecule has 1 aromatic heterocycles. The smallest absolute Gasteiger partial charge is 0.233 e. The van der Waals surface area contributed by atoms with E-state index in [2.05, 4.69) is 10.2 Å². The first kappa shape index (κ1) is 20.6. The van der Waals surface area contributed by atoms with Gasteiger partial charge in [-0.15, -0.1) is 10.2 Å². The van der Waals surface area contributed by atoms with Crippen molar-refractivity contribution in [1.82, 2.24) is 19.7 Å². The van der Waals surface area contributed by atoms with Gasteiger partial charge in [-0.3, -0.25) is 9.36 Å². The lowest BCUT2D eigenvalue weighted by Crippen LogP contribution is -2.38. The van der Waals surface area contributed by atoms with Crippen LogP contribution in [0, 0.1) is 0 Å². The first-order valence-corrected chi connectivity index (χ1v) is 12.4. The molecule has 0 bridgehead atoms. The number of para-hydroxylation sites is 1. The Morgan fingerprint density at radius 1 is 1.10 bits per heavy atom. The lowest BCUT2D eigenvalue weighted by Gasteiger charge is -2.23. The summed E-state index contributed by atoms with van der Waals surface area (Å²) in [4.78, 5) is 14.2. The number of carbonyl (C=O) groups excluding carboxylic acids is 1. The Bertz CT molecular complexity index is 1130. The van der Waals surface area contributed by atoms with Crippen LogP contribution in [0.1, 0.15) is 6.42 Å². The van der Waals surface area contributed by atoms with Crippen molar-refractivity contribution in [2.75, 3.05) is 24.3 Å². The van der Waals surface area contributed by atoms with Gasteiger partial charge in [0.1, 0.15) is 0 Å². The van der Waals surface area contributed by atoms with E-state index in [9.17, 15) is 13.2 Å². The fourth-order valence-electron chi connectivity index (χ4n) is 3.46. The third kappa shape index (κ3) is 4.41. The van der Waals surface area contributed by atoms with Gasteiger partial charge in [0.15, 0.2) is 20.8 Å². The Morgan fingerprint density at radius 3 is 2.40 bits per heavy atom. The molecule has 0 N–H and O–H groups in total. The zero-order valence-electron chi connectivity index (χ0n) is 16.5. The number of aromatic nitrogens is 3. The van der Waals surface area contributed by atoms with Gasteiger partial charge in [-0.2, -0.15) is 0 Å². The second-order valence-electron chi connectivity index (χ2n) is 7.19. The molecular formula is C21H22N4O3S2. The molecule has 7 nitrogen and oxygen atoms in total. The molecular weight excluding hydrogens is 420 g/mol. The van der Waals surface area contributed by atoms with E-state index in [0.29, 0.717) is 17.4 Å². The van der Waals surface area contributed by atoms with Crippen molar-refractivity contribution in [2.24, 2.45) is 0 Å². The molecule has 1 amide bonds. The SMILES string of the molecule is CN(C(=O)CSc1nnc(-c2ccccc2)n1-c1ccccc1)[C@@H]1CCS(=O)(=O)C1. The molecule has 0 spiro atoms. The molecule has 30 heavy (non-hydrogen) atoms. The van der Waals surface area contributed by atoms with Gasteiger partial charge < -0.3 is 4.90 Å². The maximum absolute atomic E-state index is 12.7. The summed E-state index contributed by atoms with van der Waals surface area (Å²) in [7, 11) is -1.37. The van der Waals surface area contributed by atoms with Crippen molar-refractivity contribution < 1.29 is 13.2 Å². The number of hydrogen-bond donors (Lipinski definition) is 0. The van der Waals surface area contributed by atoms with Crippen LogP contribution in [-0.2, 0) is 14.6 Å². The first-order valence-electron chi connectivity index (χ1n) is 9.60. The van der Waals surface area contributed by atoms with E-state index in [0.717, 1.165) is 11.3 Å². The molecule has 1 saturated heterocycles. The van der Waals surface area contributed by atoms with E-state index in [1.165, 1.54) is 11.8 Å². The Hall–Kier alpha value is -2.65. The standard InChI is InChI=1S/C21H22N4O3S2/c1-24(18-12-13-30(27,28)15-18)19(26)14-29-21-23-22-20(16-8-4-2-5-9-16)25(21)17-10-6-3-7-11-17/h2-11,18H,12-15H2,1H3/t18-/m1/s1. The summed E-state index contributed by atoms with van der Waals surface area (Å²) >= 11 is 1.30. The number of amides is 1.